The summed E-state index contributed by atoms with van der Waals surface area (Å²) in [5.74, 6) is -2.00. The van der Waals surface area contributed by atoms with Gasteiger partial charge in [-0.3, -0.25) is 18.8 Å². The Balaban J connectivity index is 1.56. The molecule has 2 aliphatic rings. The van der Waals surface area contributed by atoms with Crippen LogP contribution in [0.15, 0.2) is 41.3 Å². The number of piperazine rings is 1. The van der Waals surface area contributed by atoms with Gasteiger partial charge in [0.2, 0.25) is 11.7 Å². The average molecular weight is 509 g/mol. The number of aromatic hydroxyl groups is 1. The van der Waals surface area contributed by atoms with Crippen LogP contribution in [-0.2, 0) is 11.3 Å². The molecule has 1 aromatic carbocycles. The van der Waals surface area contributed by atoms with Gasteiger partial charge < -0.3 is 25.1 Å². The van der Waals surface area contributed by atoms with Gasteiger partial charge in [0, 0.05) is 51.9 Å². The summed E-state index contributed by atoms with van der Waals surface area (Å²) in [6, 6.07) is 7.45. The first kappa shape index (κ1) is 24.7. The Morgan fingerprint density at radius 2 is 1.81 bits per heavy atom. The van der Waals surface area contributed by atoms with Crippen LogP contribution in [0.2, 0.25) is 0 Å². The number of amides is 2. The molecule has 5 rings (SSSR count). The lowest BCUT2D eigenvalue weighted by Gasteiger charge is -2.35. The second-order valence-corrected chi connectivity index (χ2v) is 9.49. The lowest BCUT2D eigenvalue weighted by atomic mass is 10.1. The minimum Gasteiger partial charge on any atom is -0.501 e. The molecule has 37 heavy (non-hydrogen) atoms. The van der Waals surface area contributed by atoms with Gasteiger partial charge in [0.1, 0.15) is 5.82 Å². The number of pyridine rings is 1. The molecule has 0 atom stereocenters. The maximum Gasteiger partial charge on any atom is 0.301 e. The quantitative estimate of drug-likeness (QED) is 0.540. The van der Waals surface area contributed by atoms with Crippen LogP contribution in [0.5, 0.6) is 5.75 Å². The molecule has 4 heterocycles. The molecule has 0 spiro atoms. The number of aromatic nitrogens is 2. The molecule has 2 saturated heterocycles. The monoisotopic (exact) mass is 508 g/mol. The Bertz CT molecular complexity index is 1400. The molecule has 3 aromatic rings. The second-order valence-electron chi connectivity index (χ2n) is 9.49. The molecule has 2 N–H and O–H groups in total. The van der Waals surface area contributed by atoms with Crippen molar-refractivity contribution in [3.63, 3.8) is 0 Å². The minimum absolute atomic E-state index is 0.0550. The number of hydrogen-bond donors (Lipinski definition) is 2. The highest BCUT2D eigenvalue weighted by Gasteiger charge is 2.27. The van der Waals surface area contributed by atoms with Gasteiger partial charge in [-0.1, -0.05) is 12.1 Å². The summed E-state index contributed by atoms with van der Waals surface area (Å²) in [5.41, 5.74) is 0.728. The number of nitrogens with zero attached hydrogens (tertiary/aromatic N) is 5. The Morgan fingerprint density at radius 3 is 2.51 bits per heavy atom. The van der Waals surface area contributed by atoms with Crippen molar-refractivity contribution in [1.82, 2.24) is 19.6 Å². The number of piperidine rings is 1. The van der Waals surface area contributed by atoms with Crippen LogP contribution >= 0.6 is 0 Å². The van der Waals surface area contributed by atoms with E-state index < -0.39 is 28.7 Å². The number of anilines is 2. The molecule has 194 valence electrons. The highest BCUT2D eigenvalue weighted by atomic mass is 19.1. The van der Waals surface area contributed by atoms with Crippen molar-refractivity contribution < 1.29 is 19.1 Å². The first-order chi connectivity index (χ1) is 17.8. The Hall–Kier alpha value is -3.99. The summed E-state index contributed by atoms with van der Waals surface area (Å²) < 4.78 is 14.4. The van der Waals surface area contributed by atoms with Gasteiger partial charge in [-0.2, -0.15) is 0 Å². The molecule has 0 radical (unpaired) electrons. The zero-order valence-electron chi connectivity index (χ0n) is 20.6. The SMILES string of the molecule is CN1CCN(c2cc(N3CCCCC3=O)c3nc(C(=O)NCc4ccc(F)cc4)c(O)c(=O)n3c2)CC1. The topological polar surface area (TPSA) is 110 Å². The lowest BCUT2D eigenvalue weighted by Crippen LogP contribution is -2.45. The van der Waals surface area contributed by atoms with Crippen molar-refractivity contribution in [2.45, 2.75) is 25.8 Å². The number of hydrogen-bond acceptors (Lipinski definition) is 7. The molecular weight excluding hydrogens is 479 g/mol. The number of likely N-dealkylation sites (N-methyl/N-ethyl adjacent to an activating group) is 1. The van der Waals surface area contributed by atoms with Crippen molar-refractivity contribution in [3.8, 4) is 5.75 Å². The van der Waals surface area contributed by atoms with Crippen LogP contribution in [0, 0.1) is 5.82 Å². The Labute approximate surface area is 212 Å². The molecular formula is C26H29FN6O4. The average Bonchev–Trinajstić information content (AvgIpc) is 2.90. The summed E-state index contributed by atoms with van der Waals surface area (Å²) in [6.45, 7) is 3.72. The molecule has 10 nitrogen and oxygen atoms in total. The molecule has 0 unspecified atom stereocenters. The van der Waals surface area contributed by atoms with Gasteiger partial charge in [-0.25, -0.2) is 9.37 Å². The fourth-order valence-corrected chi connectivity index (χ4v) is 4.72. The van der Waals surface area contributed by atoms with E-state index in [-0.39, 0.29) is 18.1 Å². The van der Waals surface area contributed by atoms with Crippen molar-refractivity contribution in [2.75, 3.05) is 49.6 Å². The first-order valence-electron chi connectivity index (χ1n) is 12.4. The zero-order chi connectivity index (χ0) is 26.1. The largest absolute Gasteiger partial charge is 0.501 e. The number of benzene rings is 1. The summed E-state index contributed by atoms with van der Waals surface area (Å²) in [7, 11) is 2.05. The van der Waals surface area contributed by atoms with E-state index in [1.807, 2.05) is 13.1 Å². The molecule has 2 aliphatic heterocycles. The van der Waals surface area contributed by atoms with E-state index in [2.05, 4.69) is 20.1 Å². The van der Waals surface area contributed by atoms with E-state index in [9.17, 15) is 23.9 Å². The maximum absolute atomic E-state index is 13.3. The summed E-state index contributed by atoms with van der Waals surface area (Å²) in [4.78, 5) is 49.4. The zero-order valence-corrected chi connectivity index (χ0v) is 20.6. The van der Waals surface area contributed by atoms with Crippen LogP contribution in [0.1, 0.15) is 35.3 Å². The normalized spacial score (nSPS) is 16.9. The number of carbonyl (C=O) groups excluding carboxylic acids is 2. The Morgan fingerprint density at radius 1 is 1.08 bits per heavy atom. The van der Waals surface area contributed by atoms with Crippen molar-refractivity contribution >= 4 is 28.8 Å². The molecule has 0 saturated carbocycles. The van der Waals surface area contributed by atoms with Gasteiger partial charge in [0.25, 0.3) is 5.91 Å². The third-order valence-corrected chi connectivity index (χ3v) is 6.93. The molecule has 2 fully saturated rings. The van der Waals surface area contributed by atoms with Gasteiger partial charge in [-0.15, -0.1) is 0 Å². The number of nitrogens with one attached hydrogen (secondary N) is 1. The van der Waals surface area contributed by atoms with Gasteiger partial charge in [0.05, 0.1) is 11.4 Å². The van der Waals surface area contributed by atoms with Crippen LogP contribution < -0.4 is 20.7 Å². The predicted octanol–water partition coefficient (Wildman–Crippen LogP) is 1.74. The Kier molecular flexibility index (Phi) is 6.79. The molecule has 11 heteroatoms. The van der Waals surface area contributed by atoms with Crippen LogP contribution in [0.3, 0.4) is 0 Å². The standard InChI is InChI=1S/C26H29FN6O4/c1-30-10-12-31(13-11-30)19-14-20(32-9-3-2-4-21(32)34)24-29-22(23(35)26(37)33(24)16-19)25(36)28-15-17-5-7-18(27)8-6-17/h5-8,14,16,35H,2-4,9-13,15H2,1H3,(H,28,36). The van der Waals surface area contributed by atoms with E-state index in [0.29, 0.717) is 24.2 Å². The number of carbonyl (C=O) groups is 2. The van der Waals surface area contributed by atoms with Gasteiger partial charge in [-0.05, 0) is 43.7 Å². The molecule has 2 amide bonds. The van der Waals surface area contributed by atoms with Crippen molar-refractivity contribution in [1.29, 1.82) is 0 Å². The van der Waals surface area contributed by atoms with E-state index in [1.165, 1.54) is 28.7 Å². The molecule has 0 aliphatic carbocycles. The van der Waals surface area contributed by atoms with Crippen molar-refractivity contribution in [2.24, 2.45) is 0 Å². The van der Waals surface area contributed by atoms with Crippen LogP contribution in [0.25, 0.3) is 5.65 Å². The van der Waals surface area contributed by atoms with E-state index in [0.717, 1.165) is 44.7 Å². The lowest BCUT2D eigenvalue weighted by molar-refractivity contribution is -0.119. The number of rotatable bonds is 5. The number of fused-ring (bicyclic) bond motifs is 1. The number of halogens is 1. The smallest absolute Gasteiger partial charge is 0.301 e. The summed E-state index contributed by atoms with van der Waals surface area (Å²) in [5, 5.41) is 13.3. The fraction of sp³-hybridized carbons (Fsp3) is 0.385. The third kappa shape index (κ3) is 4.99. The van der Waals surface area contributed by atoms with Gasteiger partial charge >= 0.3 is 5.56 Å². The maximum atomic E-state index is 13.3. The third-order valence-electron chi connectivity index (χ3n) is 6.93. The summed E-state index contributed by atoms with van der Waals surface area (Å²) >= 11 is 0. The molecule has 0 bridgehead atoms. The van der Waals surface area contributed by atoms with Gasteiger partial charge in [0.15, 0.2) is 11.3 Å². The predicted molar refractivity (Wildman–Crippen MR) is 137 cm³/mol. The minimum atomic E-state index is -0.793. The van der Waals surface area contributed by atoms with Crippen LogP contribution in [-0.4, -0.2) is 71.0 Å². The van der Waals surface area contributed by atoms with Crippen molar-refractivity contribution in [3.05, 3.63) is 64.0 Å². The highest BCUT2D eigenvalue weighted by Crippen LogP contribution is 2.30. The second kappa shape index (κ2) is 10.2. The van der Waals surface area contributed by atoms with E-state index in [4.69, 9.17) is 0 Å². The first-order valence-corrected chi connectivity index (χ1v) is 12.4. The van der Waals surface area contributed by atoms with E-state index in [1.54, 1.807) is 11.1 Å². The summed E-state index contributed by atoms with van der Waals surface area (Å²) in [6.07, 6.45) is 3.59. The highest BCUT2D eigenvalue weighted by molar-refractivity contribution is 5.99. The molecule has 2 aromatic heterocycles. The fourth-order valence-electron chi connectivity index (χ4n) is 4.72. The van der Waals surface area contributed by atoms with Crippen LogP contribution in [0.4, 0.5) is 15.8 Å². The van der Waals surface area contributed by atoms with E-state index >= 15 is 0 Å².